The number of nitrogens with zero attached hydrogens (tertiary/aromatic N) is 2. The van der Waals surface area contributed by atoms with Gasteiger partial charge in [-0.3, -0.25) is 4.90 Å². The number of carbonyl (C=O) groups is 1. The van der Waals surface area contributed by atoms with Crippen LogP contribution in [0, 0.1) is 0 Å². The first-order chi connectivity index (χ1) is 14.8. The Morgan fingerprint density at radius 3 is 3.03 bits per heavy atom. The van der Waals surface area contributed by atoms with Crippen molar-refractivity contribution in [2.75, 3.05) is 56.7 Å². The fraction of sp³-hybridized carbons (Fsp3) is 0.458. The third-order valence-electron chi connectivity index (χ3n) is 6.70. The maximum Gasteiger partial charge on any atom is 0.164 e. The van der Waals surface area contributed by atoms with E-state index in [4.69, 9.17) is 9.47 Å². The van der Waals surface area contributed by atoms with Crippen molar-refractivity contribution < 1.29 is 14.3 Å². The van der Waals surface area contributed by atoms with Crippen LogP contribution in [-0.2, 0) is 11.2 Å². The maximum absolute atomic E-state index is 11.4. The molecule has 3 aliphatic heterocycles. The minimum absolute atomic E-state index is 0.391. The molecule has 2 atom stereocenters. The first-order valence-corrected chi connectivity index (χ1v) is 10.9. The third-order valence-corrected chi connectivity index (χ3v) is 6.70. The highest BCUT2D eigenvalue weighted by molar-refractivity contribution is 5.80. The first-order valence-electron chi connectivity index (χ1n) is 10.9. The van der Waals surface area contributed by atoms with Gasteiger partial charge in [-0.2, -0.15) is 0 Å². The van der Waals surface area contributed by atoms with Crippen LogP contribution in [-0.4, -0.2) is 63.7 Å². The highest BCUT2D eigenvalue weighted by Crippen LogP contribution is 2.47. The van der Waals surface area contributed by atoms with Gasteiger partial charge in [0.25, 0.3) is 0 Å². The molecule has 6 heteroatoms. The molecule has 0 aromatic heterocycles. The van der Waals surface area contributed by atoms with Crippen LogP contribution < -0.4 is 19.7 Å². The van der Waals surface area contributed by atoms with Gasteiger partial charge in [0.2, 0.25) is 0 Å². The van der Waals surface area contributed by atoms with Gasteiger partial charge in [-0.25, -0.2) is 0 Å². The van der Waals surface area contributed by atoms with Crippen LogP contribution in [0.25, 0.3) is 0 Å². The number of likely N-dealkylation sites (tertiary alicyclic amines) is 1. The second kappa shape index (κ2) is 8.19. The van der Waals surface area contributed by atoms with Crippen molar-refractivity contribution in [1.82, 2.24) is 4.90 Å². The van der Waals surface area contributed by atoms with Gasteiger partial charge in [0.1, 0.15) is 12.9 Å². The summed E-state index contributed by atoms with van der Waals surface area (Å²) >= 11 is 0. The summed E-state index contributed by atoms with van der Waals surface area (Å²) in [5.41, 5.74) is 4.91. The minimum Gasteiger partial charge on any atom is -0.489 e. The largest absolute Gasteiger partial charge is 0.489 e. The van der Waals surface area contributed by atoms with Crippen LogP contribution in [0.1, 0.15) is 23.5 Å². The van der Waals surface area contributed by atoms with E-state index < -0.39 is 0 Å². The highest BCUT2D eigenvalue weighted by Gasteiger charge is 2.42. The third kappa shape index (κ3) is 3.29. The number of carbonyl (C=O) groups excluding carboxylic acids is 1. The summed E-state index contributed by atoms with van der Waals surface area (Å²) in [6, 6.07) is 13.0. The van der Waals surface area contributed by atoms with E-state index in [0.29, 0.717) is 25.1 Å². The Balaban J connectivity index is 1.26. The Morgan fingerprint density at radius 1 is 1.27 bits per heavy atom. The predicted molar refractivity (Wildman–Crippen MR) is 118 cm³/mol. The van der Waals surface area contributed by atoms with E-state index in [-0.39, 0.29) is 0 Å². The molecule has 0 radical (unpaired) electrons. The zero-order valence-electron chi connectivity index (χ0n) is 17.5. The SMILES string of the molecule is CNc1cccc2c1N(CC=O)C1CCN(CCOc3cccc4c3OCC4)CC21. The van der Waals surface area contributed by atoms with Gasteiger partial charge in [0.05, 0.1) is 24.5 Å². The Bertz CT molecular complexity index is 932. The lowest BCUT2D eigenvalue weighted by Crippen LogP contribution is -2.47. The van der Waals surface area contributed by atoms with Crippen LogP contribution in [0.5, 0.6) is 11.5 Å². The molecule has 158 valence electrons. The monoisotopic (exact) mass is 407 g/mol. The van der Waals surface area contributed by atoms with Gasteiger partial charge in [-0.15, -0.1) is 0 Å². The molecule has 0 aliphatic carbocycles. The van der Waals surface area contributed by atoms with Gasteiger partial charge in [0.15, 0.2) is 11.5 Å². The molecule has 0 bridgehead atoms. The second-order valence-corrected chi connectivity index (χ2v) is 8.27. The van der Waals surface area contributed by atoms with Crippen LogP contribution in [0.4, 0.5) is 11.4 Å². The Hall–Kier alpha value is -2.73. The molecule has 3 heterocycles. The van der Waals surface area contributed by atoms with Crippen molar-refractivity contribution in [2.45, 2.75) is 24.8 Å². The molecule has 0 saturated carbocycles. The highest BCUT2D eigenvalue weighted by atomic mass is 16.5. The number of benzene rings is 2. The summed E-state index contributed by atoms with van der Waals surface area (Å²) in [7, 11) is 1.95. The van der Waals surface area contributed by atoms with E-state index in [9.17, 15) is 4.79 Å². The van der Waals surface area contributed by atoms with Crippen molar-refractivity contribution in [2.24, 2.45) is 0 Å². The fourth-order valence-corrected chi connectivity index (χ4v) is 5.33. The van der Waals surface area contributed by atoms with E-state index in [0.717, 1.165) is 62.6 Å². The molecule has 30 heavy (non-hydrogen) atoms. The molecule has 1 saturated heterocycles. The van der Waals surface area contributed by atoms with Gasteiger partial charge < -0.3 is 24.5 Å². The van der Waals surface area contributed by atoms with Crippen molar-refractivity contribution in [3.8, 4) is 11.5 Å². The van der Waals surface area contributed by atoms with Crippen LogP contribution >= 0.6 is 0 Å². The van der Waals surface area contributed by atoms with E-state index in [1.807, 2.05) is 19.2 Å². The van der Waals surface area contributed by atoms with E-state index >= 15 is 0 Å². The molecule has 0 spiro atoms. The number of para-hydroxylation sites is 2. The molecule has 6 nitrogen and oxygen atoms in total. The first kappa shape index (κ1) is 19.2. The molecule has 0 amide bonds. The smallest absolute Gasteiger partial charge is 0.164 e. The van der Waals surface area contributed by atoms with E-state index in [1.165, 1.54) is 16.8 Å². The van der Waals surface area contributed by atoms with E-state index in [1.54, 1.807) is 0 Å². The molecular weight excluding hydrogens is 378 g/mol. The normalized spacial score (nSPS) is 22.1. The average Bonchev–Trinajstić information content (AvgIpc) is 3.38. The van der Waals surface area contributed by atoms with Crippen molar-refractivity contribution in [3.63, 3.8) is 0 Å². The Morgan fingerprint density at radius 2 is 2.17 bits per heavy atom. The fourth-order valence-electron chi connectivity index (χ4n) is 5.33. The van der Waals surface area contributed by atoms with Crippen molar-refractivity contribution in [3.05, 3.63) is 47.5 Å². The number of hydrogen-bond acceptors (Lipinski definition) is 6. The maximum atomic E-state index is 11.4. The average molecular weight is 408 g/mol. The van der Waals surface area contributed by atoms with Gasteiger partial charge >= 0.3 is 0 Å². The lowest BCUT2D eigenvalue weighted by molar-refractivity contribution is -0.106. The lowest BCUT2D eigenvalue weighted by Gasteiger charge is -2.38. The molecule has 2 unspecified atom stereocenters. The number of anilines is 2. The molecule has 5 rings (SSSR count). The zero-order chi connectivity index (χ0) is 20.5. The Kier molecular flexibility index (Phi) is 5.25. The molecule has 2 aromatic rings. The summed E-state index contributed by atoms with van der Waals surface area (Å²) in [4.78, 5) is 16.2. The summed E-state index contributed by atoms with van der Waals surface area (Å²) < 4.78 is 11.8. The number of hydrogen-bond donors (Lipinski definition) is 1. The van der Waals surface area contributed by atoms with Gasteiger partial charge in [0, 0.05) is 50.6 Å². The number of nitrogens with one attached hydrogen (secondary N) is 1. The molecule has 2 aromatic carbocycles. The van der Waals surface area contributed by atoms with Crippen LogP contribution in [0.3, 0.4) is 0 Å². The van der Waals surface area contributed by atoms with Gasteiger partial charge in [-0.05, 0) is 24.1 Å². The number of fused-ring (bicyclic) bond motifs is 4. The van der Waals surface area contributed by atoms with Gasteiger partial charge in [-0.1, -0.05) is 24.3 Å². The molecule has 3 aliphatic rings. The van der Waals surface area contributed by atoms with Crippen molar-refractivity contribution >= 4 is 17.7 Å². The minimum atomic E-state index is 0.391. The molecule has 1 N–H and O–H groups in total. The topological polar surface area (TPSA) is 54.0 Å². The Labute approximate surface area is 177 Å². The predicted octanol–water partition coefficient (Wildman–Crippen LogP) is 2.92. The quantitative estimate of drug-likeness (QED) is 0.713. The number of aldehydes is 1. The lowest BCUT2D eigenvalue weighted by atomic mass is 9.89. The summed E-state index contributed by atoms with van der Waals surface area (Å²) in [5.74, 6) is 2.21. The number of piperidine rings is 1. The van der Waals surface area contributed by atoms with E-state index in [2.05, 4.69) is 39.4 Å². The number of ether oxygens (including phenoxy) is 2. The summed E-state index contributed by atoms with van der Waals surface area (Å²) in [6.45, 7) is 4.75. The number of rotatable bonds is 7. The summed E-state index contributed by atoms with van der Waals surface area (Å²) in [5, 5.41) is 3.31. The molecule has 1 fully saturated rings. The van der Waals surface area contributed by atoms with Crippen LogP contribution in [0.2, 0.25) is 0 Å². The summed E-state index contributed by atoms with van der Waals surface area (Å²) in [6.07, 6.45) is 3.05. The zero-order valence-corrected chi connectivity index (χ0v) is 17.5. The van der Waals surface area contributed by atoms with Crippen molar-refractivity contribution in [1.29, 1.82) is 0 Å². The van der Waals surface area contributed by atoms with Crippen LogP contribution in [0.15, 0.2) is 36.4 Å². The standard InChI is InChI=1S/C24H29N3O3/c1-25-20-6-3-5-18-19-16-26(10-8-21(19)27(11-13-28)23(18)20)12-15-29-22-7-2-4-17-9-14-30-24(17)22/h2-7,13,19,21,25H,8-12,14-16H2,1H3. The second-order valence-electron chi connectivity index (χ2n) is 8.27. The molecular formula is C24H29N3O3.